The van der Waals surface area contributed by atoms with Crippen molar-refractivity contribution >= 4 is 16.8 Å². The molecule has 138 valence electrons. The Balaban J connectivity index is 1.44. The van der Waals surface area contributed by atoms with E-state index in [4.69, 9.17) is 4.74 Å². The van der Waals surface area contributed by atoms with Gasteiger partial charge >= 0.3 is 0 Å². The van der Waals surface area contributed by atoms with Crippen molar-refractivity contribution in [1.82, 2.24) is 15.2 Å². The summed E-state index contributed by atoms with van der Waals surface area (Å²) in [5, 5.41) is 4.64. The van der Waals surface area contributed by atoms with Crippen molar-refractivity contribution in [2.24, 2.45) is 5.92 Å². The van der Waals surface area contributed by atoms with Crippen LogP contribution < -0.4 is 10.1 Å². The number of methoxy groups -OCH3 is 1. The maximum Gasteiger partial charge on any atom is 0.255 e. The summed E-state index contributed by atoms with van der Waals surface area (Å²) in [5.41, 5.74) is 2.36. The molecular weight excluding hydrogens is 326 g/mol. The molecule has 1 saturated heterocycles. The molecular formula is C21H27N3O2. The van der Waals surface area contributed by atoms with Gasteiger partial charge in [0.05, 0.1) is 23.9 Å². The van der Waals surface area contributed by atoms with E-state index >= 15 is 0 Å². The second-order valence-corrected chi connectivity index (χ2v) is 7.60. The van der Waals surface area contributed by atoms with Crippen LogP contribution >= 0.6 is 0 Å². The molecule has 0 atom stereocenters. The lowest BCUT2D eigenvalue weighted by Crippen LogP contribution is -2.45. The van der Waals surface area contributed by atoms with Gasteiger partial charge < -0.3 is 15.0 Å². The Morgan fingerprint density at radius 3 is 2.69 bits per heavy atom. The van der Waals surface area contributed by atoms with Crippen molar-refractivity contribution in [2.75, 3.05) is 26.7 Å². The number of likely N-dealkylation sites (tertiary alicyclic amines) is 1. The number of piperidine rings is 1. The van der Waals surface area contributed by atoms with Crippen molar-refractivity contribution in [1.29, 1.82) is 0 Å². The highest BCUT2D eigenvalue weighted by molar-refractivity contribution is 5.98. The summed E-state index contributed by atoms with van der Waals surface area (Å²) >= 11 is 0. The molecule has 2 heterocycles. The van der Waals surface area contributed by atoms with E-state index < -0.39 is 0 Å². The van der Waals surface area contributed by atoms with E-state index in [1.807, 2.05) is 36.1 Å². The molecule has 2 aromatic rings. The Hall–Kier alpha value is -2.14. The maximum atomic E-state index is 13.0. The van der Waals surface area contributed by atoms with Gasteiger partial charge in [-0.25, -0.2) is 0 Å². The largest absolute Gasteiger partial charge is 0.497 e. The zero-order valence-electron chi connectivity index (χ0n) is 15.6. The molecule has 2 aliphatic rings. The molecule has 0 radical (unpaired) electrons. The first-order chi connectivity index (χ1) is 12.6. The van der Waals surface area contributed by atoms with Crippen LogP contribution in [0.15, 0.2) is 24.3 Å². The van der Waals surface area contributed by atoms with E-state index in [1.165, 1.54) is 12.8 Å². The molecule has 0 unspecified atom stereocenters. The van der Waals surface area contributed by atoms with Gasteiger partial charge in [-0.2, -0.15) is 0 Å². The van der Waals surface area contributed by atoms with Crippen LogP contribution in [0, 0.1) is 12.8 Å². The smallest absolute Gasteiger partial charge is 0.255 e. The maximum absolute atomic E-state index is 13.0. The number of aromatic nitrogens is 1. The number of amides is 1. The monoisotopic (exact) mass is 353 g/mol. The summed E-state index contributed by atoms with van der Waals surface area (Å²) in [6, 6.07) is 8.31. The molecule has 1 aliphatic carbocycles. The molecule has 1 aromatic heterocycles. The first kappa shape index (κ1) is 17.3. The van der Waals surface area contributed by atoms with Crippen molar-refractivity contribution in [3.05, 3.63) is 35.5 Å². The molecule has 4 rings (SSSR count). The van der Waals surface area contributed by atoms with Crippen molar-refractivity contribution < 1.29 is 9.53 Å². The normalized spacial score (nSPS) is 18.3. The Labute approximate surface area is 154 Å². The van der Waals surface area contributed by atoms with E-state index in [0.717, 1.165) is 60.7 Å². The fourth-order valence-corrected chi connectivity index (χ4v) is 3.70. The van der Waals surface area contributed by atoms with Gasteiger partial charge in [-0.3, -0.25) is 9.78 Å². The SMILES string of the molecule is COc1ccc2cc(C(=O)N3CCC(NCC4CC4)CC3)c(C)nc2c1. The second kappa shape index (κ2) is 7.23. The van der Waals surface area contributed by atoms with Crippen molar-refractivity contribution in [3.8, 4) is 5.75 Å². The Morgan fingerprint density at radius 2 is 2.00 bits per heavy atom. The number of benzene rings is 1. The molecule has 5 nitrogen and oxygen atoms in total. The Bertz CT molecular complexity index is 808. The molecule has 2 fully saturated rings. The van der Waals surface area contributed by atoms with Crippen LogP contribution in [0.3, 0.4) is 0 Å². The van der Waals surface area contributed by atoms with Crippen LogP contribution in [0.2, 0.25) is 0 Å². The molecule has 1 aliphatic heterocycles. The number of ether oxygens (including phenoxy) is 1. The standard InChI is InChI=1S/C21H27N3O2/c1-14-19(11-16-5-6-18(26-2)12-20(16)23-14)21(25)24-9-7-17(8-10-24)22-13-15-3-4-15/h5-6,11-12,15,17,22H,3-4,7-10,13H2,1-2H3. The molecule has 1 amide bonds. The van der Waals surface area contributed by atoms with Crippen LogP contribution in [0.25, 0.3) is 10.9 Å². The average molecular weight is 353 g/mol. The zero-order chi connectivity index (χ0) is 18.1. The fraction of sp³-hybridized carbons (Fsp3) is 0.524. The summed E-state index contributed by atoms with van der Waals surface area (Å²) in [6.45, 7) is 4.70. The third kappa shape index (κ3) is 3.68. The van der Waals surface area contributed by atoms with Gasteiger partial charge in [0.1, 0.15) is 5.75 Å². The van der Waals surface area contributed by atoms with Crippen molar-refractivity contribution in [3.63, 3.8) is 0 Å². The van der Waals surface area contributed by atoms with Crippen LogP contribution in [-0.4, -0.2) is 48.6 Å². The minimum absolute atomic E-state index is 0.105. The average Bonchev–Trinajstić information content (AvgIpc) is 3.49. The number of aryl methyl sites for hydroxylation is 1. The van der Waals surface area contributed by atoms with Gasteiger partial charge in [-0.05, 0) is 63.3 Å². The summed E-state index contributed by atoms with van der Waals surface area (Å²) in [5.74, 6) is 1.79. The molecule has 0 spiro atoms. The van der Waals surface area contributed by atoms with Gasteiger partial charge in [-0.1, -0.05) is 0 Å². The number of carbonyl (C=O) groups excluding carboxylic acids is 1. The van der Waals surface area contributed by atoms with Crippen LogP contribution in [0.4, 0.5) is 0 Å². The Kier molecular flexibility index (Phi) is 4.81. The minimum atomic E-state index is 0.105. The number of pyridine rings is 1. The van der Waals surface area contributed by atoms with Gasteiger partial charge in [0.15, 0.2) is 0 Å². The number of nitrogens with one attached hydrogen (secondary N) is 1. The van der Waals surface area contributed by atoms with Crippen LogP contribution in [0.5, 0.6) is 5.75 Å². The number of fused-ring (bicyclic) bond motifs is 1. The van der Waals surface area contributed by atoms with Gasteiger partial charge in [-0.15, -0.1) is 0 Å². The van der Waals surface area contributed by atoms with Crippen LogP contribution in [0.1, 0.15) is 41.7 Å². The summed E-state index contributed by atoms with van der Waals surface area (Å²) < 4.78 is 5.26. The lowest BCUT2D eigenvalue weighted by atomic mass is 10.0. The van der Waals surface area contributed by atoms with E-state index in [0.29, 0.717) is 11.6 Å². The van der Waals surface area contributed by atoms with E-state index in [9.17, 15) is 4.79 Å². The highest BCUT2D eigenvalue weighted by Gasteiger charge is 2.27. The predicted octanol–water partition coefficient (Wildman–Crippen LogP) is 3.16. The number of nitrogens with zero attached hydrogens (tertiary/aromatic N) is 2. The lowest BCUT2D eigenvalue weighted by Gasteiger charge is -2.33. The number of rotatable bonds is 5. The molecule has 5 heteroatoms. The molecule has 26 heavy (non-hydrogen) atoms. The lowest BCUT2D eigenvalue weighted by molar-refractivity contribution is 0.0704. The first-order valence-corrected chi connectivity index (χ1v) is 9.62. The molecule has 1 aromatic carbocycles. The van der Waals surface area contributed by atoms with E-state index in [-0.39, 0.29) is 5.91 Å². The van der Waals surface area contributed by atoms with Crippen molar-refractivity contribution in [2.45, 2.75) is 38.6 Å². The third-order valence-corrected chi connectivity index (χ3v) is 5.62. The van der Waals surface area contributed by atoms with Crippen LogP contribution in [-0.2, 0) is 0 Å². The van der Waals surface area contributed by atoms with Gasteiger partial charge in [0.25, 0.3) is 5.91 Å². The third-order valence-electron chi connectivity index (χ3n) is 5.62. The van der Waals surface area contributed by atoms with E-state index in [2.05, 4.69) is 10.3 Å². The second-order valence-electron chi connectivity index (χ2n) is 7.60. The van der Waals surface area contributed by atoms with Gasteiger partial charge in [0.2, 0.25) is 0 Å². The Morgan fingerprint density at radius 1 is 1.23 bits per heavy atom. The molecule has 1 N–H and O–H groups in total. The summed E-state index contributed by atoms with van der Waals surface area (Å²) in [4.78, 5) is 19.6. The number of hydrogen-bond donors (Lipinski definition) is 1. The topological polar surface area (TPSA) is 54.5 Å². The predicted molar refractivity (Wildman–Crippen MR) is 103 cm³/mol. The number of hydrogen-bond acceptors (Lipinski definition) is 4. The first-order valence-electron chi connectivity index (χ1n) is 9.62. The summed E-state index contributed by atoms with van der Waals surface area (Å²) in [6.07, 6.45) is 4.83. The van der Waals surface area contributed by atoms with E-state index in [1.54, 1.807) is 7.11 Å². The zero-order valence-corrected chi connectivity index (χ0v) is 15.6. The highest BCUT2D eigenvalue weighted by Crippen LogP contribution is 2.28. The minimum Gasteiger partial charge on any atom is -0.497 e. The van der Waals surface area contributed by atoms with Gasteiger partial charge in [0, 0.05) is 30.6 Å². The quantitative estimate of drug-likeness (QED) is 0.897. The number of carbonyl (C=O) groups is 1. The fourth-order valence-electron chi connectivity index (χ4n) is 3.70. The molecule has 1 saturated carbocycles. The molecule has 0 bridgehead atoms. The summed E-state index contributed by atoms with van der Waals surface area (Å²) in [7, 11) is 1.65. The highest BCUT2D eigenvalue weighted by atomic mass is 16.5.